The summed E-state index contributed by atoms with van der Waals surface area (Å²) in [5.74, 6) is 0.738. The minimum atomic E-state index is -0.175. The van der Waals surface area contributed by atoms with Gasteiger partial charge in [-0.25, -0.2) is 9.97 Å². The molecule has 0 spiro atoms. The molecule has 0 saturated heterocycles. The van der Waals surface area contributed by atoms with Crippen molar-refractivity contribution in [1.82, 2.24) is 19.9 Å². The van der Waals surface area contributed by atoms with Gasteiger partial charge in [0.15, 0.2) is 0 Å². The van der Waals surface area contributed by atoms with Gasteiger partial charge in [0.2, 0.25) is 0 Å². The highest BCUT2D eigenvalue weighted by molar-refractivity contribution is 6.32. The minimum Gasteiger partial charge on any atom is -0.310 e. The number of nitrogens with zero attached hydrogens (tertiary/aromatic N) is 3. The summed E-state index contributed by atoms with van der Waals surface area (Å²) in [5.41, 5.74) is 2.27. The molecule has 0 fully saturated rings. The number of H-pyrrole nitrogens is 1. The third-order valence-electron chi connectivity index (χ3n) is 4.13. The van der Waals surface area contributed by atoms with E-state index < -0.39 is 0 Å². The van der Waals surface area contributed by atoms with Gasteiger partial charge in [0.05, 0.1) is 16.3 Å². The zero-order valence-electron chi connectivity index (χ0n) is 14.0. The smallest absolute Gasteiger partial charge is 0.255 e. The van der Waals surface area contributed by atoms with E-state index in [0.29, 0.717) is 23.3 Å². The van der Waals surface area contributed by atoms with Gasteiger partial charge in [-0.1, -0.05) is 44.0 Å². The van der Waals surface area contributed by atoms with Gasteiger partial charge in [-0.3, -0.25) is 9.69 Å². The van der Waals surface area contributed by atoms with Crippen LogP contribution in [0.3, 0.4) is 0 Å². The Balaban J connectivity index is 1.85. The van der Waals surface area contributed by atoms with Crippen molar-refractivity contribution in [2.45, 2.75) is 45.7 Å². The fraction of sp³-hybridized carbons (Fsp3) is 0.471. The standard InChI is InChI=1S/C17H20Cl2N4O/c1-17(2,3)16-21-13-4-5-23(9-12(13)15(24)22-16)8-10-6-11(18)7-20-14(10)19/h6-7H,4-5,8-9H2,1-3H3,(H,21,22,24). The molecule has 2 aromatic heterocycles. The summed E-state index contributed by atoms with van der Waals surface area (Å²) in [6, 6.07) is 1.82. The second kappa shape index (κ2) is 6.47. The van der Waals surface area contributed by atoms with Crippen LogP contribution in [0.5, 0.6) is 0 Å². The maximum atomic E-state index is 12.5. The van der Waals surface area contributed by atoms with Crippen LogP contribution in [0.2, 0.25) is 10.2 Å². The van der Waals surface area contributed by atoms with Crippen LogP contribution in [-0.4, -0.2) is 26.4 Å². The largest absolute Gasteiger partial charge is 0.310 e. The Hall–Kier alpha value is -1.43. The molecule has 0 bridgehead atoms. The van der Waals surface area contributed by atoms with Crippen LogP contribution >= 0.6 is 23.2 Å². The summed E-state index contributed by atoms with van der Waals surface area (Å²) in [6.45, 7) is 8.09. The number of fused-ring (bicyclic) bond motifs is 1. The van der Waals surface area contributed by atoms with Gasteiger partial charge in [-0.15, -0.1) is 0 Å². The fourth-order valence-corrected chi connectivity index (χ4v) is 3.13. The van der Waals surface area contributed by atoms with Crippen molar-refractivity contribution in [3.05, 3.63) is 55.4 Å². The van der Waals surface area contributed by atoms with E-state index in [0.717, 1.165) is 35.6 Å². The molecule has 0 aromatic carbocycles. The average Bonchev–Trinajstić information content (AvgIpc) is 2.50. The first-order valence-corrected chi connectivity index (χ1v) is 8.64. The van der Waals surface area contributed by atoms with Crippen LogP contribution < -0.4 is 5.56 Å². The van der Waals surface area contributed by atoms with Crippen LogP contribution in [0.15, 0.2) is 17.1 Å². The maximum Gasteiger partial charge on any atom is 0.255 e. The zero-order valence-corrected chi connectivity index (χ0v) is 15.5. The van der Waals surface area contributed by atoms with E-state index >= 15 is 0 Å². The molecule has 1 aliphatic heterocycles. The highest BCUT2D eigenvalue weighted by Gasteiger charge is 2.25. The van der Waals surface area contributed by atoms with Gasteiger partial charge in [0, 0.05) is 43.2 Å². The Labute approximate surface area is 151 Å². The summed E-state index contributed by atoms with van der Waals surface area (Å²) >= 11 is 12.1. The lowest BCUT2D eigenvalue weighted by Gasteiger charge is -2.29. The lowest BCUT2D eigenvalue weighted by atomic mass is 9.95. The molecule has 0 aliphatic carbocycles. The first-order chi connectivity index (χ1) is 11.2. The van der Waals surface area contributed by atoms with Crippen molar-refractivity contribution in [1.29, 1.82) is 0 Å². The molecule has 1 aliphatic rings. The van der Waals surface area contributed by atoms with Crippen molar-refractivity contribution in [2.75, 3.05) is 6.54 Å². The van der Waals surface area contributed by atoms with Crippen molar-refractivity contribution < 1.29 is 0 Å². The van der Waals surface area contributed by atoms with Gasteiger partial charge >= 0.3 is 0 Å². The molecule has 128 valence electrons. The number of rotatable bonds is 2. The Bertz CT molecular complexity index is 826. The Morgan fingerprint density at radius 2 is 2.08 bits per heavy atom. The van der Waals surface area contributed by atoms with Gasteiger partial charge in [-0.2, -0.15) is 0 Å². The minimum absolute atomic E-state index is 0.0510. The van der Waals surface area contributed by atoms with Gasteiger partial charge < -0.3 is 4.98 Å². The van der Waals surface area contributed by atoms with Crippen LogP contribution in [0, 0.1) is 0 Å². The number of halogens is 2. The molecule has 0 atom stereocenters. The van der Waals surface area contributed by atoms with E-state index in [1.54, 1.807) is 0 Å². The zero-order chi connectivity index (χ0) is 17.5. The molecule has 7 heteroatoms. The molecule has 1 N–H and O–H groups in total. The third-order valence-corrected chi connectivity index (χ3v) is 4.68. The normalized spacial score (nSPS) is 15.4. The van der Waals surface area contributed by atoms with E-state index in [-0.39, 0.29) is 11.0 Å². The van der Waals surface area contributed by atoms with Gasteiger partial charge in [0.1, 0.15) is 11.0 Å². The molecule has 3 rings (SSSR count). The van der Waals surface area contributed by atoms with Crippen molar-refractivity contribution >= 4 is 23.2 Å². The molecule has 3 heterocycles. The first-order valence-electron chi connectivity index (χ1n) is 7.89. The molecule has 5 nitrogen and oxygen atoms in total. The Morgan fingerprint density at radius 3 is 2.79 bits per heavy atom. The van der Waals surface area contributed by atoms with Gasteiger partial charge in [-0.05, 0) is 6.07 Å². The highest BCUT2D eigenvalue weighted by atomic mass is 35.5. The molecular weight excluding hydrogens is 347 g/mol. The first kappa shape index (κ1) is 17.4. The summed E-state index contributed by atoms with van der Waals surface area (Å²) < 4.78 is 0. The van der Waals surface area contributed by atoms with Crippen LogP contribution in [0.25, 0.3) is 0 Å². The average molecular weight is 367 g/mol. The second-order valence-corrected chi connectivity index (χ2v) is 7.95. The summed E-state index contributed by atoms with van der Waals surface area (Å²) in [7, 11) is 0. The van der Waals surface area contributed by atoms with Crippen molar-refractivity contribution in [2.24, 2.45) is 0 Å². The van der Waals surface area contributed by atoms with E-state index in [1.807, 2.05) is 26.8 Å². The molecule has 0 radical (unpaired) electrons. The number of hydrogen-bond acceptors (Lipinski definition) is 4. The summed E-state index contributed by atoms with van der Waals surface area (Å²) in [4.78, 5) is 26.3. The van der Waals surface area contributed by atoms with Gasteiger partial charge in [0.25, 0.3) is 5.56 Å². The summed E-state index contributed by atoms with van der Waals surface area (Å²) in [6.07, 6.45) is 2.27. The lowest BCUT2D eigenvalue weighted by Crippen LogP contribution is -2.37. The maximum absolute atomic E-state index is 12.5. The fourth-order valence-electron chi connectivity index (χ4n) is 2.79. The van der Waals surface area contributed by atoms with Crippen molar-refractivity contribution in [3.63, 3.8) is 0 Å². The van der Waals surface area contributed by atoms with E-state index in [4.69, 9.17) is 23.2 Å². The summed E-state index contributed by atoms with van der Waals surface area (Å²) in [5, 5.41) is 1.00. The lowest BCUT2D eigenvalue weighted by molar-refractivity contribution is 0.240. The van der Waals surface area contributed by atoms with E-state index in [2.05, 4.69) is 19.9 Å². The highest BCUT2D eigenvalue weighted by Crippen LogP contribution is 2.24. The predicted octanol–water partition coefficient (Wildman–Crippen LogP) is 3.33. The number of pyridine rings is 1. The molecule has 2 aromatic rings. The third kappa shape index (κ3) is 3.63. The molecule has 0 saturated carbocycles. The monoisotopic (exact) mass is 366 g/mol. The van der Waals surface area contributed by atoms with Crippen molar-refractivity contribution in [3.8, 4) is 0 Å². The molecule has 0 amide bonds. The number of hydrogen-bond donors (Lipinski definition) is 1. The van der Waals surface area contributed by atoms with E-state index in [9.17, 15) is 4.79 Å². The number of aromatic nitrogens is 3. The van der Waals surface area contributed by atoms with Crippen LogP contribution in [-0.2, 0) is 24.9 Å². The molecular formula is C17H20Cl2N4O. The van der Waals surface area contributed by atoms with Crippen LogP contribution in [0.4, 0.5) is 0 Å². The van der Waals surface area contributed by atoms with Crippen LogP contribution in [0.1, 0.15) is 43.4 Å². The Morgan fingerprint density at radius 1 is 1.33 bits per heavy atom. The topological polar surface area (TPSA) is 61.9 Å². The predicted molar refractivity (Wildman–Crippen MR) is 95.6 cm³/mol. The second-order valence-electron chi connectivity index (χ2n) is 7.15. The SMILES string of the molecule is CC(C)(C)c1nc2c(c(=O)[nH]1)CN(Cc1cc(Cl)cnc1Cl)CC2. The quantitative estimate of drug-likeness (QED) is 0.828. The molecule has 0 unspecified atom stereocenters. The number of nitrogens with one attached hydrogen (secondary N) is 1. The van der Waals surface area contributed by atoms with E-state index in [1.165, 1.54) is 6.20 Å². The number of aromatic amines is 1. The Kier molecular flexibility index (Phi) is 4.69. The molecule has 24 heavy (non-hydrogen) atoms.